The van der Waals surface area contributed by atoms with E-state index >= 15 is 4.39 Å². The van der Waals surface area contributed by atoms with Gasteiger partial charge in [0.15, 0.2) is 6.04 Å². The Bertz CT molecular complexity index is 1360. The molecule has 37 heavy (non-hydrogen) atoms. The molecule has 1 aliphatic rings. The zero-order valence-corrected chi connectivity index (χ0v) is 20.4. The van der Waals surface area contributed by atoms with Crippen LogP contribution in [0.2, 0.25) is 0 Å². The van der Waals surface area contributed by atoms with Gasteiger partial charge >= 0.3 is 0 Å². The molecule has 2 aromatic heterocycles. The topological polar surface area (TPSA) is 106 Å². The van der Waals surface area contributed by atoms with Gasteiger partial charge in [0.25, 0.3) is 11.8 Å². The third kappa shape index (κ3) is 5.42. The lowest BCUT2D eigenvalue weighted by Gasteiger charge is -2.30. The van der Waals surface area contributed by atoms with Gasteiger partial charge in [0.1, 0.15) is 18.1 Å². The highest BCUT2D eigenvalue weighted by Crippen LogP contribution is 2.31. The molecule has 190 valence electrons. The van der Waals surface area contributed by atoms with E-state index < -0.39 is 23.7 Å². The van der Waals surface area contributed by atoms with E-state index in [0.29, 0.717) is 5.82 Å². The molecular weight excluding hydrogens is 475 g/mol. The molecule has 0 saturated heterocycles. The van der Waals surface area contributed by atoms with Crippen molar-refractivity contribution in [3.05, 3.63) is 84.1 Å². The highest BCUT2D eigenvalue weighted by atomic mass is 19.1. The standard InChI is InChI=1S/C27H27FN6O3/c1-18-12-14-19(15-13-18)26-30-32-33(31-26)17-24(35)34(22-10-5-4-9-21(22)28)25(23-11-6-16-37-23)27(36)29-20-7-2-3-8-20/h4-6,9-16,20,25H,2-3,7-8,17H2,1H3,(H,29,36)/t25-/m0/s1. The summed E-state index contributed by atoms with van der Waals surface area (Å²) in [4.78, 5) is 29.6. The van der Waals surface area contributed by atoms with Crippen molar-refractivity contribution in [2.75, 3.05) is 4.90 Å². The first kappa shape index (κ1) is 24.4. The van der Waals surface area contributed by atoms with E-state index in [2.05, 4.69) is 20.7 Å². The van der Waals surface area contributed by atoms with Crippen molar-refractivity contribution in [2.45, 2.75) is 51.2 Å². The van der Waals surface area contributed by atoms with Crippen LogP contribution in [0, 0.1) is 12.7 Å². The van der Waals surface area contributed by atoms with E-state index in [9.17, 15) is 9.59 Å². The Balaban J connectivity index is 1.48. The summed E-state index contributed by atoms with van der Waals surface area (Å²) >= 11 is 0. The quantitative estimate of drug-likeness (QED) is 0.387. The molecule has 5 rings (SSSR count). The van der Waals surface area contributed by atoms with Crippen molar-refractivity contribution in [3.8, 4) is 11.4 Å². The molecular formula is C27H27FN6O3. The third-order valence-corrected chi connectivity index (χ3v) is 6.44. The fraction of sp³-hybridized carbons (Fsp3) is 0.296. The Morgan fingerprint density at radius 2 is 1.86 bits per heavy atom. The fourth-order valence-corrected chi connectivity index (χ4v) is 4.56. The SMILES string of the molecule is Cc1ccc(-c2nnn(CC(=O)N(c3ccccc3F)[C@H](C(=O)NC3CCCC3)c3ccco3)n2)cc1. The van der Waals surface area contributed by atoms with Gasteiger partial charge < -0.3 is 9.73 Å². The number of anilines is 1. The number of para-hydroxylation sites is 1. The minimum absolute atomic E-state index is 0.00316. The van der Waals surface area contributed by atoms with Crippen molar-refractivity contribution in [3.63, 3.8) is 0 Å². The largest absolute Gasteiger partial charge is 0.467 e. The van der Waals surface area contributed by atoms with Crippen molar-refractivity contribution in [1.29, 1.82) is 0 Å². The zero-order valence-electron chi connectivity index (χ0n) is 20.4. The Morgan fingerprint density at radius 1 is 1.11 bits per heavy atom. The molecule has 4 aromatic rings. The van der Waals surface area contributed by atoms with Crippen molar-refractivity contribution in [1.82, 2.24) is 25.5 Å². The van der Waals surface area contributed by atoms with Gasteiger partial charge in [-0.15, -0.1) is 10.2 Å². The van der Waals surface area contributed by atoms with Gasteiger partial charge in [0, 0.05) is 11.6 Å². The number of nitrogens with zero attached hydrogens (tertiary/aromatic N) is 5. The predicted octanol–water partition coefficient (Wildman–Crippen LogP) is 4.21. The van der Waals surface area contributed by atoms with Crippen LogP contribution in [-0.2, 0) is 16.1 Å². The van der Waals surface area contributed by atoms with Crippen LogP contribution in [-0.4, -0.2) is 38.1 Å². The van der Waals surface area contributed by atoms with E-state index in [4.69, 9.17) is 4.42 Å². The highest BCUT2D eigenvalue weighted by molar-refractivity contribution is 6.01. The lowest BCUT2D eigenvalue weighted by molar-refractivity contribution is -0.128. The van der Waals surface area contributed by atoms with Crippen LogP contribution in [0.1, 0.15) is 43.0 Å². The minimum atomic E-state index is -1.22. The van der Waals surface area contributed by atoms with Crippen LogP contribution < -0.4 is 10.2 Å². The Kier molecular flexibility index (Phi) is 7.07. The lowest BCUT2D eigenvalue weighted by Crippen LogP contribution is -2.47. The molecule has 1 aliphatic carbocycles. The summed E-state index contributed by atoms with van der Waals surface area (Å²) in [5, 5.41) is 15.4. The van der Waals surface area contributed by atoms with Crippen LogP contribution >= 0.6 is 0 Å². The van der Waals surface area contributed by atoms with Gasteiger partial charge in [-0.05, 0) is 49.2 Å². The summed E-state index contributed by atoms with van der Waals surface area (Å²) in [5.41, 5.74) is 1.79. The van der Waals surface area contributed by atoms with Gasteiger partial charge in [0.2, 0.25) is 5.82 Å². The first-order chi connectivity index (χ1) is 18.0. The van der Waals surface area contributed by atoms with E-state index in [0.717, 1.165) is 46.5 Å². The van der Waals surface area contributed by atoms with Crippen molar-refractivity contribution >= 4 is 17.5 Å². The van der Waals surface area contributed by atoms with Gasteiger partial charge in [-0.1, -0.05) is 54.8 Å². The first-order valence-corrected chi connectivity index (χ1v) is 12.2. The number of amides is 2. The van der Waals surface area contributed by atoms with Gasteiger partial charge in [-0.2, -0.15) is 4.80 Å². The highest BCUT2D eigenvalue weighted by Gasteiger charge is 2.37. The minimum Gasteiger partial charge on any atom is -0.467 e. The number of nitrogens with one attached hydrogen (secondary N) is 1. The summed E-state index contributed by atoms with van der Waals surface area (Å²) in [6, 6.07) is 15.4. The second kappa shape index (κ2) is 10.7. The number of aryl methyl sites for hydroxylation is 1. The van der Waals surface area contributed by atoms with Gasteiger partial charge in [0.05, 0.1) is 12.0 Å². The molecule has 0 spiro atoms. The number of furan rings is 1. The number of aromatic nitrogens is 4. The number of rotatable bonds is 8. The molecule has 0 aliphatic heterocycles. The van der Waals surface area contributed by atoms with Crippen molar-refractivity contribution < 1.29 is 18.4 Å². The molecule has 10 heteroatoms. The number of hydrogen-bond donors (Lipinski definition) is 1. The Morgan fingerprint density at radius 3 is 2.57 bits per heavy atom. The van der Waals surface area contributed by atoms with E-state index in [1.165, 1.54) is 24.5 Å². The van der Waals surface area contributed by atoms with Crippen molar-refractivity contribution in [2.24, 2.45) is 0 Å². The molecule has 1 fully saturated rings. The zero-order chi connectivity index (χ0) is 25.8. The summed E-state index contributed by atoms with van der Waals surface area (Å²) < 4.78 is 20.6. The number of carbonyl (C=O) groups is 2. The van der Waals surface area contributed by atoms with E-state index in [1.807, 2.05) is 31.2 Å². The smallest absolute Gasteiger partial charge is 0.251 e. The van der Waals surface area contributed by atoms with Gasteiger partial charge in [-0.25, -0.2) is 4.39 Å². The summed E-state index contributed by atoms with van der Waals surface area (Å²) in [5.74, 6) is -1.11. The van der Waals surface area contributed by atoms with Crippen LogP contribution in [0.25, 0.3) is 11.4 Å². The first-order valence-electron chi connectivity index (χ1n) is 12.2. The Hall–Kier alpha value is -4.34. The van der Waals surface area contributed by atoms with Crippen LogP contribution in [0.4, 0.5) is 10.1 Å². The second-order valence-electron chi connectivity index (χ2n) is 9.13. The van der Waals surface area contributed by atoms with Crippen LogP contribution in [0.3, 0.4) is 0 Å². The molecule has 2 amide bonds. The average molecular weight is 503 g/mol. The monoisotopic (exact) mass is 502 g/mol. The second-order valence-corrected chi connectivity index (χ2v) is 9.13. The maximum atomic E-state index is 15.1. The average Bonchev–Trinajstić information content (AvgIpc) is 3.67. The maximum Gasteiger partial charge on any atom is 0.251 e. The van der Waals surface area contributed by atoms with Gasteiger partial charge in [-0.3, -0.25) is 14.5 Å². The number of carbonyl (C=O) groups excluding carboxylic acids is 2. The third-order valence-electron chi connectivity index (χ3n) is 6.44. The Labute approximate surface area is 213 Å². The fourth-order valence-electron chi connectivity index (χ4n) is 4.56. The van der Waals surface area contributed by atoms with Crippen LogP contribution in [0.5, 0.6) is 0 Å². The number of hydrogen-bond acceptors (Lipinski definition) is 6. The summed E-state index contributed by atoms with van der Waals surface area (Å²) in [7, 11) is 0. The number of halogens is 1. The molecule has 9 nitrogen and oxygen atoms in total. The molecule has 2 heterocycles. The van der Waals surface area contributed by atoms with E-state index in [-0.39, 0.29) is 24.0 Å². The molecule has 1 saturated carbocycles. The van der Waals surface area contributed by atoms with Crippen LogP contribution in [0.15, 0.2) is 71.3 Å². The molecule has 1 N–H and O–H groups in total. The maximum absolute atomic E-state index is 15.1. The molecule has 0 bridgehead atoms. The molecule has 0 radical (unpaired) electrons. The summed E-state index contributed by atoms with van der Waals surface area (Å²) in [6.45, 7) is 1.61. The number of benzene rings is 2. The lowest BCUT2D eigenvalue weighted by atomic mass is 10.1. The van der Waals surface area contributed by atoms with E-state index in [1.54, 1.807) is 18.2 Å². The summed E-state index contributed by atoms with van der Waals surface area (Å²) in [6.07, 6.45) is 5.17. The predicted molar refractivity (Wildman–Crippen MR) is 134 cm³/mol. The normalized spacial score (nSPS) is 14.4. The molecule has 0 unspecified atom stereocenters. The molecule has 2 aromatic carbocycles. The number of tetrazole rings is 1. The molecule has 1 atom stereocenters.